The third kappa shape index (κ3) is 4.66. The molecule has 6 nitrogen and oxygen atoms in total. The molecule has 7 heteroatoms. The number of hydrogen-bond acceptors (Lipinski definition) is 6. The average Bonchev–Trinajstić information content (AvgIpc) is 2.41. The number of rotatable bonds is 8. The Morgan fingerprint density at radius 3 is 2.20 bits per heavy atom. The molecule has 0 heterocycles. The van der Waals surface area contributed by atoms with Gasteiger partial charge in [-0.15, -0.1) is 0 Å². The molecule has 3 N–H and O–H groups in total. The van der Waals surface area contributed by atoms with Gasteiger partial charge in [0.15, 0.2) is 0 Å². The molecule has 20 heavy (non-hydrogen) atoms. The van der Waals surface area contributed by atoms with Crippen LogP contribution in [0.1, 0.15) is 24.4 Å². The highest BCUT2D eigenvalue weighted by Crippen LogP contribution is 2.35. The van der Waals surface area contributed by atoms with Crippen LogP contribution in [0.2, 0.25) is 0 Å². The second kappa shape index (κ2) is 7.47. The van der Waals surface area contributed by atoms with Gasteiger partial charge < -0.3 is 9.47 Å². The number of nitrogens with two attached hydrogens (primary N) is 1. The van der Waals surface area contributed by atoms with Crippen molar-refractivity contribution < 1.29 is 17.9 Å². The van der Waals surface area contributed by atoms with Crippen molar-refractivity contribution in [2.75, 3.05) is 26.2 Å². The van der Waals surface area contributed by atoms with Crippen LogP contribution in [0.15, 0.2) is 18.2 Å². The Labute approximate surface area is 120 Å². The molecule has 0 saturated carbocycles. The zero-order chi connectivity index (χ0) is 15.2. The van der Waals surface area contributed by atoms with Crippen LogP contribution in [-0.2, 0) is 9.84 Å². The summed E-state index contributed by atoms with van der Waals surface area (Å²) >= 11 is 0. The molecule has 0 bridgehead atoms. The van der Waals surface area contributed by atoms with Gasteiger partial charge in [0.2, 0.25) is 0 Å². The van der Waals surface area contributed by atoms with Gasteiger partial charge in [-0.05, 0) is 25.0 Å². The zero-order valence-corrected chi connectivity index (χ0v) is 12.9. The van der Waals surface area contributed by atoms with E-state index >= 15 is 0 Å². The molecular weight excluding hydrogens is 280 g/mol. The van der Waals surface area contributed by atoms with E-state index in [-0.39, 0.29) is 11.8 Å². The van der Waals surface area contributed by atoms with Crippen LogP contribution in [-0.4, -0.2) is 34.6 Å². The van der Waals surface area contributed by atoms with Crippen molar-refractivity contribution in [1.29, 1.82) is 0 Å². The number of hydrogen-bond donors (Lipinski definition) is 2. The van der Waals surface area contributed by atoms with Gasteiger partial charge in [0, 0.05) is 12.0 Å². The van der Waals surface area contributed by atoms with E-state index in [4.69, 9.17) is 15.3 Å². The summed E-state index contributed by atoms with van der Waals surface area (Å²) in [5, 5.41) is 0. The number of nitrogens with one attached hydrogen (secondary N) is 1. The highest BCUT2D eigenvalue weighted by molar-refractivity contribution is 7.90. The quantitative estimate of drug-likeness (QED) is 0.550. The van der Waals surface area contributed by atoms with Gasteiger partial charge in [-0.3, -0.25) is 11.3 Å². The maximum Gasteiger partial charge on any atom is 0.147 e. The van der Waals surface area contributed by atoms with E-state index in [1.54, 1.807) is 14.2 Å². The molecule has 0 radical (unpaired) electrons. The van der Waals surface area contributed by atoms with Crippen molar-refractivity contribution >= 4 is 9.84 Å². The summed E-state index contributed by atoms with van der Waals surface area (Å²) in [4.78, 5) is 0. The number of hydrazine groups is 1. The molecule has 0 aliphatic heterocycles. The lowest BCUT2D eigenvalue weighted by Gasteiger charge is -2.21. The van der Waals surface area contributed by atoms with Crippen molar-refractivity contribution in [3.63, 3.8) is 0 Å². The summed E-state index contributed by atoms with van der Waals surface area (Å²) in [5.41, 5.74) is 3.50. The van der Waals surface area contributed by atoms with Gasteiger partial charge in [-0.1, -0.05) is 6.07 Å². The second-order valence-corrected chi connectivity index (χ2v) is 6.83. The summed E-state index contributed by atoms with van der Waals surface area (Å²) in [5.74, 6) is 7.04. The van der Waals surface area contributed by atoms with Crippen LogP contribution < -0.4 is 20.7 Å². The Morgan fingerprint density at radius 2 is 1.80 bits per heavy atom. The molecule has 0 aliphatic carbocycles. The Morgan fingerprint density at radius 1 is 1.25 bits per heavy atom. The van der Waals surface area contributed by atoms with E-state index in [0.29, 0.717) is 24.3 Å². The SMILES string of the molecule is COc1cccc(OC)c1C(CCCS(C)(=O)=O)NN. The van der Waals surface area contributed by atoms with Gasteiger partial charge >= 0.3 is 0 Å². The number of benzene rings is 1. The van der Waals surface area contributed by atoms with E-state index in [1.807, 2.05) is 18.2 Å². The normalized spacial score (nSPS) is 13.0. The van der Waals surface area contributed by atoms with Crippen molar-refractivity contribution in [2.45, 2.75) is 18.9 Å². The van der Waals surface area contributed by atoms with Crippen LogP contribution in [0.25, 0.3) is 0 Å². The lowest BCUT2D eigenvalue weighted by Crippen LogP contribution is -2.29. The van der Waals surface area contributed by atoms with E-state index in [1.165, 1.54) is 6.26 Å². The molecule has 1 aromatic rings. The predicted molar refractivity (Wildman–Crippen MR) is 78.6 cm³/mol. The zero-order valence-electron chi connectivity index (χ0n) is 12.0. The predicted octanol–water partition coefficient (Wildman–Crippen LogP) is 1.03. The second-order valence-electron chi connectivity index (χ2n) is 4.57. The molecule has 114 valence electrons. The summed E-state index contributed by atoms with van der Waals surface area (Å²) in [7, 11) is 0.171. The third-order valence-electron chi connectivity index (χ3n) is 3.02. The lowest BCUT2D eigenvalue weighted by molar-refractivity contribution is 0.366. The first-order valence-corrected chi connectivity index (χ1v) is 8.33. The number of ether oxygens (including phenoxy) is 2. The highest BCUT2D eigenvalue weighted by Gasteiger charge is 2.20. The number of methoxy groups -OCH3 is 2. The van der Waals surface area contributed by atoms with E-state index in [2.05, 4.69) is 5.43 Å². The molecule has 1 atom stereocenters. The fourth-order valence-electron chi connectivity index (χ4n) is 2.08. The van der Waals surface area contributed by atoms with Gasteiger partial charge in [-0.25, -0.2) is 8.42 Å². The van der Waals surface area contributed by atoms with Crippen LogP contribution in [0, 0.1) is 0 Å². The van der Waals surface area contributed by atoms with Crippen LogP contribution >= 0.6 is 0 Å². The average molecular weight is 302 g/mol. The minimum atomic E-state index is -2.97. The Hall–Kier alpha value is -1.31. The van der Waals surface area contributed by atoms with Crippen molar-refractivity contribution in [3.8, 4) is 11.5 Å². The molecule has 0 aromatic heterocycles. The first kappa shape index (κ1) is 16.7. The minimum absolute atomic E-state index is 0.128. The van der Waals surface area contributed by atoms with E-state index in [0.717, 1.165) is 5.56 Å². The first-order chi connectivity index (χ1) is 9.42. The highest BCUT2D eigenvalue weighted by atomic mass is 32.2. The molecule has 1 rings (SSSR count). The maximum absolute atomic E-state index is 11.2. The molecule has 1 unspecified atom stereocenters. The molecule has 0 spiro atoms. The van der Waals surface area contributed by atoms with Gasteiger partial charge in [-0.2, -0.15) is 0 Å². The van der Waals surface area contributed by atoms with Crippen LogP contribution in [0.5, 0.6) is 11.5 Å². The standard InChI is InChI=1S/C13H22N2O4S/c1-18-11-7-4-8-12(19-2)13(11)10(15-14)6-5-9-20(3,16)17/h4,7-8,10,15H,5-6,9,14H2,1-3H3. The van der Waals surface area contributed by atoms with Crippen molar-refractivity contribution in [1.82, 2.24) is 5.43 Å². The van der Waals surface area contributed by atoms with Crippen LogP contribution in [0.3, 0.4) is 0 Å². The minimum Gasteiger partial charge on any atom is -0.496 e. The Kier molecular flexibility index (Phi) is 6.25. The topological polar surface area (TPSA) is 90.6 Å². The first-order valence-electron chi connectivity index (χ1n) is 6.27. The fraction of sp³-hybridized carbons (Fsp3) is 0.538. The molecule has 1 aromatic carbocycles. The summed E-state index contributed by atoms with van der Waals surface area (Å²) in [6, 6.07) is 5.23. The lowest BCUT2D eigenvalue weighted by atomic mass is 10.0. The van der Waals surface area contributed by atoms with Crippen molar-refractivity contribution in [2.24, 2.45) is 5.84 Å². The Balaban J connectivity index is 2.94. The third-order valence-corrected chi connectivity index (χ3v) is 4.05. The molecule has 0 aliphatic rings. The van der Waals surface area contributed by atoms with E-state index in [9.17, 15) is 8.42 Å². The largest absolute Gasteiger partial charge is 0.496 e. The monoisotopic (exact) mass is 302 g/mol. The Bertz CT molecular complexity index is 509. The molecular formula is C13H22N2O4S. The van der Waals surface area contributed by atoms with Crippen LogP contribution in [0.4, 0.5) is 0 Å². The van der Waals surface area contributed by atoms with Gasteiger partial charge in [0.25, 0.3) is 0 Å². The van der Waals surface area contributed by atoms with Gasteiger partial charge in [0.1, 0.15) is 21.3 Å². The molecule has 0 saturated heterocycles. The summed E-state index contributed by atoms with van der Waals surface area (Å²) < 4.78 is 33.0. The molecule has 0 amide bonds. The summed E-state index contributed by atoms with van der Waals surface area (Å²) in [6.07, 6.45) is 2.30. The maximum atomic E-state index is 11.2. The summed E-state index contributed by atoms with van der Waals surface area (Å²) in [6.45, 7) is 0. The van der Waals surface area contributed by atoms with Gasteiger partial charge in [0.05, 0.1) is 25.8 Å². The van der Waals surface area contributed by atoms with Crippen molar-refractivity contribution in [3.05, 3.63) is 23.8 Å². The fourth-order valence-corrected chi connectivity index (χ4v) is 2.78. The number of sulfone groups is 1. The smallest absolute Gasteiger partial charge is 0.147 e. The molecule has 0 fully saturated rings. The van der Waals surface area contributed by atoms with E-state index < -0.39 is 9.84 Å².